The van der Waals surface area contributed by atoms with Crippen molar-refractivity contribution in [3.8, 4) is 0 Å². The third kappa shape index (κ3) is 2.62. The number of hydrogen-bond donors (Lipinski definition) is 1. The molecule has 0 radical (unpaired) electrons. The van der Waals surface area contributed by atoms with Gasteiger partial charge in [-0.25, -0.2) is 5.43 Å². The van der Waals surface area contributed by atoms with E-state index in [1.54, 1.807) is 5.01 Å². The van der Waals surface area contributed by atoms with Crippen molar-refractivity contribution in [2.75, 3.05) is 6.54 Å². The number of carbonyl (C=O) groups excluding carboxylic acids is 1. The number of rotatable bonds is 3. The molecular formula is C15H18N2O. The van der Waals surface area contributed by atoms with Gasteiger partial charge in [0.05, 0.1) is 0 Å². The summed E-state index contributed by atoms with van der Waals surface area (Å²) in [6.07, 6.45) is 7.41. The fourth-order valence-electron chi connectivity index (χ4n) is 2.25. The molecule has 0 aromatic heterocycles. The van der Waals surface area contributed by atoms with E-state index in [0.717, 1.165) is 25.8 Å². The zero-order valence-corrected chi connectivity index (χ0v) is 10.4. The molecule has 0 spiro atoms. The highest BCUT2D eigenvalue weighted by atomic mass is 16.2. The Labute approximate surface area is 107 Å². The van der Waals surface area contributed by atoms with Gasteiger partial charge in [-0.3, -0.25) is 9.80 Å². The largest absolute Gasteiger partial charge is 0.277 e. The molecule has 2 fully saturated rings. The van der Waals surface area contributed by atoms with Crippen molar-refractivity contribution in [3.63, 3.8) is 0 Å². The van der Waals surface area contributed by atoms with Crippen LogP contribution in [0.1, 0.15) is 24.8 Å². The monoisotopic (exact) mass is 242 g/mol. The Kier molecular flexibility index (Phi) is 3.15. The van der Waals surface area contributed by atoms with E-state index >= 15 is 0 Å². The second-order valence-corrected chi connectivity index (χ2v) is 5.06. The van der Waals surface area contributed by atoms with Crippen LogP contribution in [0.2, 0.25) is 0 Å². The lowest BCUT2D eigenvalue weighted by atomic mass is 10.1. The minimum absolute atomic E-state index is 0.283. The number of nitrogens with zero attached hydrogens (tertiary/aromatic N) is 1. The fraction of sp³-hybridized carbons (Fsp3) is 0.400. The lowest BCUT2D eigenvalue weighted by Crippen LogP contribution is -2.40. The first-order valence-corrected chi connectivity index (χ1v) is 6.64. The van der Waals surface area contributed by atoms with E-state index in [-0.39, 0.29) is 11.9 Å². The Morgan fingerprint density at radius 3 is 2.72 bits per heavy atom. The third-order valence-corrected chi connectivity index (χ3v) is 3.50. The highest BCUT2D eigenvalue weighted by molar-refractivity contribution is 5.80. The average molecular weight is 242 g/mol. The number of carbonyl (C=O) groups is 1. The molecule has 1 N–H and O–H groups in total. The van der Waals surface area contributed by atoms with E-state index in [2.05, 4.69) is 29.7 Å². The fourth-order valence-corrected chi connectivity index (χ4v) is 2.25. The molecule has 3 nitrogen and oxygen atoms in total. The number of hydrogen-bond acceptors (Lipinski definition) is 2. The molecule has 1 saturated carbocycles. The van der Waals surface area contributed by atoms with Crippen LogP contribution in [0.3, 0.4) is 0 Å². The summed E-state index contributed by atoms with van der Waals surface area (Å²) >= 11 is 0. The van der Waals surface area contributed by atoms with Gasteiger partial charge in [0, 0.05) is 18.5 Å². The first kappa shape index (κ1) is 11.5. The summed E-state index contributed by atoms with van der Waals surface area (Å²) in [7, 11) is 0. The topological polar surface area (TPSA) is 32.3 Å². The van der Waals surface area contributed by atoms with E-state index in [0.29, 0.717) is 5.92 Å². The zero-order chi connectivity index (χ0) is 12.4. The molecule has 3 heteroatoms. The van der Waals surface area contributed by atoms with E-state index in [1.807, 2.05) is 18.2 Å². The number of nitrogens with one attached hydrogen (secondary N) is 1. The van der Waals surface area contributed by atoms with Gasteiger partial charge >= 0.3 is 0 Å². The lowest BCUT2D eigenvalue weighted by Gasteiger charge is -2.16. The summed E-state index contributed by atoms with van der Waals surface area (Å²) in [5.74, 6) is 0.583. The summed E-state index contributed by atoms with van der Waals surface area (Å²) in [5, 5.41) is 1.80. The Morgan fingerprint density at radius 1 is 1.22 bits per heavy atom. The number of amides is 1. The van der Waals surface area contributed by atoms with E-state index < -0.39 is 0 Å². The molecule has 1 aliphatic carbocycles. The summed E-state index contributed by atoms with van der Waals surface area (Å²) in [6, 6.07) is 10.5. The molecule has 0 bridgehead atoms. The summed E-state index contributed by atoms with van der Waals surface area (Å²) in [4.78, 5) is 11.9. The van der Waals surface area contributed by atoms with Gasteiger partial charge in [-0.1, -0.05) is 42.5 Å². The maximum Gasteiger partial charge on any atom is 0.239 e. The smallest absolute Gasteiger partial charge is 0.239 e. The van der Waals surface area contributed by atoms with E-state index in [9.17, 15) is 4.79 Å². The molecule has 1 aromatic carbocycles. The van der Waals surface area contributed by atoms with Crippen LogP contribution >= 0.6 is 0 Å². The quantitative estimate of drug-likeness (QED) is 0.881. The molecule has 1 saturated heterocycles. The van der Waals surface area contributed by atoms with Gasteiger partial charge in [0.25, 0.3) is 0 Å². The molecule has 1 heterocycles. The molecule has 1 amide bonds. The highest BCUT2D eigenvalue weighted by Gasteiger charge is 2.36. The van der Waals surface area contributed by atoms with Crippen molar-refractivity contribution in [2.45, 2.75) is 25.3 Å². The van der Waals surface area contributed by atoms with Crippen LogP contribution in [-0.4, -0.2) is 23.5 Å². The molecule has 1 atom stereocenters. The molecule has 1 aliphatic heterocycles. The van der Waals surface area contributed by atoms with Crippen LogP contribution in [0.25, 0.3) is 6.08 Å². The first-order valence-electron chi connectivity index (χ1n) is 6.64. The van der Waals surface area contributed by atoms with Crippen molar-refractivity contribution < 1.29 is 4.79 Å². The van der Waals surface area contributed by atoms with Gasteiger partial charge in [0.15, 0.2) is 0 Å². The molecule has 1 aromatic rings. The van der Waals surface area contributed by atoms with Gasteiger partial charge in [-0.2, -0.15) is 0 Å². The van der Waals surface area contributed by atoms with Crippen molar-refractivity contribution in [1.82, 2.24) is 10.4 Å². The predicted octanol–water partition coefficient (Wildman–Crippen LogP) is 2.22. The summed E-state index contributed by atoms with van der Waals surface area (Å²) in [6.45, 7) is 0.832. The Balaban J connectivity index is 1.56. The SMILES string of the molecule is O=C(C1CC1)N1CCC(/C=C/c2ccccc2)N1. The minimum Gasteiger partial charge on any atom is -0.277 e. The van der Waals surface area contributed by atoms with Crippen molar-refractivity contribution in [3.05, 3.63) is 42.0 Å². The Morgan fingerprint density at radius 2 is 2.00 bits per heavy atom. The van der Waals surface area contributed by atoms with Crippen LogP contribution in [0.4, 0.5) is 0 Å². The molecule has 3 rings (SSSR count). The van der Waals surface area contributed by atoms with E-state index in [1.165, 1.54) is 5.56 Å². The lowest BCUT2D eigenvalue weighted by molar-refractivity contribution is -0.134. The van der Waals surface area contributed by atoms with Gasteiger partial charge in [0.1, 0.15) is 0 Å². The van der Waals surface area contributed by atoms with Crippen LogP contribution < -0.4 is 5.43 Å². The molecule has 94 valence electrons. The van der Waals surface area contributed by atoms with Gasteiger partial charge < -0.3 is 0 Å². The average Bonchev–Trinajstić information content (AvgIpc) is 3.15. The first-order chi connectivity index (χ1) is 8.83. The van der Waals surface area contributed by atoms with Gasteiger partial charge in [-0.05, 0) is 24.8 Å². The minimum atomic E-state index is 0.283. The maximum atomic E-state index is 11.9. The molecule has 2 aliphatic rings. The Hall–Kier alpha value is -1.61. The third-order valence-electron chi connectivity index (χ3n) is 3.50. The van der Waals surface area contributed by atoms with Gasteiger partial charge in [0.2, 0.25) is 5.91 Å². The second-order valence-electron chi connectivity index (χ2n) is 5.06. The van der Waals surface area contributed by atoms with Crippen LogP contribution in [0.5, 0.6) is 0 Å². The summed E-state index contributed by atoms with van der Waals surface area (Å²) in [5.41, 5.74) is 4.48. The normalized spacial score (nSPS) is 23.8. The number of benzene rings is 1. The van der Waals surface area contributed by atoms with Gasteiger partial charge in [-0.15, -0.1) is 0 Å². The summed E-state index contributed by atoms with van der Waals surface area (Å²) < 4.78 is 0. The second kappa shape index (κ2) is 4.94. The zero-order valence-electron chi connectivity index (χ0n) is 10.4. The molecular weight excluding hydrogens is 224 g/mol. The van der Waals surface area contributed by atoms with Crippen LogP contribution in [0, 0.1) is 5.92 Å². The van der Waals surface area contributed by atoms with Crippen molar-refractivity contribution in [2.24, 2.45) is 5.92 Å². The van der Waals surface area contributed by atoms with Crippen molar-refractivity contribution in [1.29, 1.82) is 0 Å². The van der Waals surface area contributed by atoms with Crippen LogP contribution in [0.15, 0.2) is 36.4 Å². The predicted molar refractivity (Wildman–Crippen MR) is 71.5 cm³/mol. The Bertz CT molecular complexity index is 451. The standard InChI is InChI=1S/C15H18N2O/c18-15(13-7-8-13)17-11-10-14(16-17)9-6-12-4-2-1-3-5-12/h1-6,9,13-14,16H,7-8,10-11H2/b9-6+. The van der Waals surface area contributed by atoms with E-state index in [4.69, 9.17) is 0 Å². The van der Waals surface area contributed by atoms with Crippen molar-refractivity contribution >= 4 is 12.0 Å². The highest BCUT2D eigenvalue weighted by Crippen LogP contribution is 2.31. The molecule has 18 heavy (non-hydrogen) atoms. The maximum absolute atomic E-state index is 11.9. The molecule has 1 unspecified atom stereocenters. The van der Waals surface area contributed by atoms with Crippen LogP contribution in [-0.2, 0) is 4.79 Å². The number of hydrazine groups is 1.